The molecule has 0 amide bonds. The van der Waals surface area contributed by atoms with Crippen molar-refractivity contribution in [3.63, 3.8) is 0 Å². The normalized spacial score (nSPS) is 27.0. The highest BCUT2D eigenvalue weighted by Crippen LogP contribution is 2.34. The predicted molar refractivity (Wildman–Crippen MR) is 204 cm³/mol. The Bertz CT molecular complexity index is 1690. The Morgan fingerprint density at radius 1 is 0.556 bits per heavy atom. The standard InChI is InChI=1S/C45H52O9/c1-4-17-37-40(49-28-32-18-9-5-10-19-32)43(52-31-35-24-15-8-16-25-35)41(50-29-33-20-11-6-12-21-33)38(53-37)27-26-36(46)39-42(44(47-2)45(48-3)54-39)51-30-34-22-13-7-14-23-34/h5-16,18-27,37-45H,4,17,28-31H2,1-3H3/b27-26+/t37?,38-,39?,40+,41-,42?,43-,44?,45?/m1/s1. The minimum absolute atomic E-state index is 0.281. The molecule has 2 aliphatic heterocycles. The van der Waals surface area contributed by atoms with Gasteiger partial charge in [0, 0.05) is 14.2 Å². The lowest BCUT2D eigenvalue weighted by Gasteiger charge is -2.46. The predicted octanol–water partition coefficient (Wildman–Crippen LogP) is 7.41. The van der Waals surface area contributed by atoms with Gasteiger partial charge in [-0.05, 0) is 40.8 Å². The summed E-state index contributed by atoms with van der Waals surface area (Å²) in [6, 6.07) is 39.9. The van der Waals surface area contributed by atoms with E-state index < -0.39 is 49.0 Å². The lowest BCUT2D eigenvalue weighted by atomic mass is 9.91. The fraction of sp³-hybridized carbons (Fsp3) is 0.400. The van der Waals surface area contributed by atoms with Crippen LogP contribution in [0.3, 0.4) is 0 Å². The molecule has 0 bridgehead atoms. The molecule has 9 atom stereocenters. The van der Waals surface area contributed by atoms with Gasteiger partial charge in [0.15, 0.2) is 18.2 Å². The lowest BCUT2D eigenvalue weighted by Crippen LogP contribution is -2.59. The Labute approximate surface area is 319 Å². The summed E-state index contributed by atoms with van der Waals surface area (Å²) in [4.78, 5) is 14.1. The highest BCUT2D eigenvalue weighted by molar-refractivity contribution is 5.94. The van der Waals surface area contributed by atoms with Crippen molar-refractivity contribution in [2.75, 3.05) is 14.2 Å². The van der Waals surface area contributed by atoms with Crippen LogP contribution in [-0.2, 0) is 69.1 Å². The second kappa shape index (κ2) is 20.6. The first kappa shape index (κ1) is 39.7. The molecule has 54 heavy (non-hydrogen) atoms. The van der Waals surface area contributed by atoms with E-state index in [1.807, 2.05) is 121 Å². The monoisotopic (exact) mass is 736 g/mol. The van der Waals surface area contributed by atoms with Crippen molar-refractivity contribution in [3.8, 4) is 0 Å². The molecule has 9 heteroatoms. The van der Waals surface area contributed by atoms with Gasteiger partial charge in [-0.15, -0.1) is 0 Å². The number of carbonyl (C=O) groups is 1. The van der Waals surface area contributed by atoms with Gasteiger partial charge in [-0.3, -0.25) is 4.79 Å². The van der Waals surface area contributed by atoms with Crippen molar-refractivity contribution in [3.05, 3.63) is 156 Å². The fourth-order valence-electron chi connectivity index (χ4n) is 7.02. The number of carbonyl (C=O) groups excluding carboxylic acids is 1. The van der Waals surface area contributed by atoms with Crippen LogP contribution >= 0.6 is 0 Å². The van der Waals surface area contributed by atoms with E-state index in [0.29, 0.717) is 19.8 Å². The lowest BCUT2D eigenvalue weighted by molar-refractivity contribution is -0.256. The summed E-state index contributed by atoms with van der Waals surface area (Å²) in [5.74, 6) is -0.295. The van der Waals surface area contributed by atoms with E-state index in [9.17, 15) is 4.79 Å². The zero-order valence-electron chi connectivity index (χ0n) is 31.3. The largest absolute Gasteiger partial charge is 0.373 e. The zero-order valence-corrected chi connectivity index (χ0v) is 31.3. The molecule has 0 aliphatic carbocycles. The summed E-state index contributed by atoms with van der Waals surface area (Å²) in [6.07, 6.45) is -0.784. The Morgan fingerprint density at radius 3 is 1.44 bits per heavy atom. The number of rotatable bonds is 19. The van der Waals surface area contributed by atoms with Crippen molar-refractivity contribution in [1.29, 1.82) is 0 Å². The van der Waals surface area contributed by atoms with Crippen molar-refractivity contribution in [1.82, 2.24) is 0 Å². The van der Waals surface area contributed by atoms with Crippen LogP contribution in [0.15, 0.2) is 133 Å². The summed E-state index contributed by atoms with van der Waals surface area (Å²) in [6.45, 7) is 3.45. The zero-order chi connectivity index (χ0) is 37.5. The summed E-state index contributed by atoms with van der Waals surface area (Å²) in [5, 5.41) is 0. The maximum absolute atomic E-state index is 14.1. The molecule has 6 rings (SSSR count). The van der Waals surface area contributed by atoms with Crippen LogP contribution in [0, 0.1) is 0 Å². The molecule has 2 fully saturated rings. The SMILES string of the molecule is CCCC1O[C@H](/C=C/C(=O)C2OC(OC)C(OC)C2OCc2ccccc2)[C@@H](OCc2ccccc2)[C@H](OCc2ccccc2)[C@H]1OCc1ccccc1. The Morgan fingerprint density at radius 2 is 1.00 bits per heavy atom. The quantitative estimate of drug-likeness (QED) is 0.0914. The van der Waals surface area contributed by atoms with Crippen LogP contribution in [0.5, 0.6) is 0 Å². The summed E-state index contributed by atoms with van der Waals surface area (Å²) in [5.41, 5.74) is 4.05. The second-order valence-electron chi connectivity index (χ2n) is 13.6. The summed E-state index contributed by atoms with van der Waals surface area (Å²) >= 11 is 0. The van der Waals surface area contributed by atoms with Crippen LogP contribution in [-0.4, -0.2) is 75.1 Å². The van der Waals surface area contributed by atoms with Gasteiger partial charge in [0.1, 0.15) is 36.6 Å². The molecule has 9 nitrogen and oxygen atoms in total. The molecule has 2 heterocycles. The Kier molecular flexibility index (Phi) is 15.1. The number of hydrogen-bond acceptors (Lipinski definition) is 9. The number of hydrogen-bond donors (Lipinski definition) is 0. The van der Waals surface area contributed by atoms with Gasteiger partial charge in [0.05, 0.1) is 32.5 Å². The Balaban J connectivity index is 1.29. The van der Waals surface area contributed by atoms with Gasteiger partial charge in [-0.2, -0.15) is 0 Å². The van der Waals surface area contributed by atoms with Crippen LogP contribution in [0.25, 0.3) is 0 Å². The molecule has 0 spiro atoms. The minimum atomic E-state index is -0.967. The van der Waals surface area contributed by atoms with Crippen LogP contribution < -0.4 is 0 Å². The molecule has 2 saturated heterocycles. The van der Waals surface area contributed by atoms with E-state index in [4.69, 9.17) is 37.9 Å². The molecule has 4 aromatic rings. The van der Waals surface area contributed by atoms with E-state index in [1.54, 1.807) is 13.2 Å². The van der Waals surface area contributed by atoms with Crippen LogP contribution in [0.4, 0.5) is 0 Å². The van der Waals surface area contributed by atoms with Gasteiger partial charge in [-0.1, -0.05) is 135 Å². The molecule has 5 unspecified atom stereocenters. The number of methoxy groups -OCH3 is 2. The minimum Gasteiger partial charge on any atom is -0.373 e. The maximum atomic E-state index is 14.1. The molecule has 0 saturated carbocycles. The maximum Gasteiger partial charge on any atom is 0.187 e. The van der Waals surface area contributed by atoms with Crippen molar-refractivity contribution in [2.45, 2.75) is 101 Å². The van der Waals surface area contributed by atoms with E-state index >= 15 is 0 Å². The van der Waals surface area contributed by atoms with E-state index in [1.165, 1.54) is 13.2 Å². The highest BCUT2D eigenvalue weighted by atomic mass is 16.7. The molecular weight excluding hydrogens is 684 g/mol. The van der Waals surface area contributed by atoms with Crippen molar-refractivity contribution in [2.24, 2.45) is 0 Å². The first-order valence-electron chi connectivity index (χ1n) is 18.8. The van der Waals surface area contributed by atoms with E-state index in [2.05, 4.69) is 6.92 Å². The number of ketones is 1. The third kappa shape index (κ3) is 10.6. The molecule has 286 valence electrons. The Hall–Kier alpha value is -4.03. The van der Waals surface area contributed by atoms with E-state index in [-0.39, 0.29) is 18.5 Å². The molecule has 4 aromatic carbocycles. The smallest absolute Gasteiger partial charge is 0.187 e. The van der Waals surface area contributed by atoms with Gasteiger partial charge >= 0.3 is 0 Å². The van der Waals surface area contributed by atoms with Gasteiger partial charge in [0.2, 0.25) is 0 Å². The van der Waals surface area contributed by atoms with Crippen LogP contribution in [0.2, 0.25) is 0 Å². The third-order valence-corrected chi connectivity index (χ3v) is 9.79. The topological polar surface area (TPSA) is 90.9 Å². The van der Waals surface area contributed by atoms with Crippen molar-refractivity contribution < 1.29 is 42.7 Å². The highest BCUT2D eigenvalue weighted by Gasteiger charge is 2.50. The average molecular weight is 737 g/mol. The first-order valence-corrected chi connectivity index (χ1v) is 18.8. The molecular formula is C45H52O9. The summed E-state index contributed by atoms with van der Waals surface area (Å²) in [7, 11) is 3.09. The van der Waals surface area contributed by atoms with Crippen molar-refractivity contribution >= 4 is 5.78 Å². The average Bonchev–Trinajstić information content (AvgIpc) is 3.59. The number of benzene rings is 4. The molecule has 0 aromatic heterocycles. The first-order chi connectivity index (χ1) is 26.6. The van der Waals surface area contributed by atoms with E-state index in [0.717, 1.165) is 35.1 Å². The fourth-order valence-corrected chi connectivity index (χ4v) is 7.02. The van der Waals surface area contributed by atoms with Crippen LogP contribution in [0.1, 0.15) is 42.0 Å². The molecule has 0 N–H and O–H groups in total. The third-order valence-electron chi connectivity index (χ3n) is 9.79. The molecule has 0 radical (unpaired) electrons. The summed E-state index contributed by atoms with van der Waals surface area (Å²) < 4.78 is 50.8. The van der Waals surface area contributed by atoms with Gasteiger partial charge in [-0.25, -0.2) is 0 Å². The number of ether oxygens (including phenoxy) is 8. The second-order valence-corrected chi connectivity index (χ2v) is 13.6. The van der Waals surface area contributed by atoms with Gasteiger partial charge < -0.3 is 37.9 Å². The molecule has 2 aliphatic rings. The van der Waals surface area contributed by atoms with Gasteiger partial charge in [0.25, 0.3) is 0 Å².